The molecule has 0 aliphatic heterocycles. The number of halogens is 1. The van der Waals surface area contributed by atoms with Gasteiger partial charge >= 0.3 is 0 Å². The van der Waals surface area contributed by atoms with E-state index in [0.29, 0.717) is 11.5 Å². The van der Waals surface area contributed by atoms with Crippen LogP contribution in [0.4, 0.5) is 5.69 Å². The number of nitrogens with one attached hydrogen (secondary N) is 1. The van der Waals surface area contributed by atoms with Gasteiger partial charge in [-0.15, -0.1) is 5.10 Å². The van der Waals surface area contributed by atoms with Crippen LogP contribution in [0.1, 0.15) is 21.7 Å². The van der Waals surface area contributed by atoms with Gasteiger partial charge in [0.25, 0.3) is 5.91 Å². The normalized spacial score (nSPS) is 10.7. The van der Waals surface area contributed by atoms with Gasteiger partial charge in [-0.05, 0) is 56.3 Å². The molecule has 0 fully saturated rings. The van der Waals surface area contributed by atoms with Crippen molar-refractivity contribution in [3.63, 3.8) is 0 Å². The summed E-state index contributed by atoms with van der Waals surface area (Å²) in [6.07, 6.45) is 0. The molecule has 0 saturated heterocycles. The third kappa shape index (κ3) is 4.27. The molecule has 1 N–H and O–H groups in total. The Morgan fingerprint density at radius 3 is 2.34 bits per heavy atom. The first-order chi connectivity index (χ1) is 14.0. The van der Waals surface area contributed by atoms with Crippen molar-refractivity contribution in [3.05, 3.63) is 94.2 Å². The lowest BCUT2D eigenvalue weighted by atomic mass is 10.1. The molecule has 1 heterocycles. The number of aryl methyl sites for hydroxylation is 2. The first kappa shape index (κ1) is 19.1. The van der Waals surface area contributed by atoms with Gasteiger partial charge in [0.2, 0.25) is 5.82 Å². The Kier molecular flexibility index (Phi) is 5.27. The Bertz CT molecular complexity index is 1160. The number of benzene rings is 3. The summed E-state index contributed by atoms with van der Waals surface area (Å²) in [6, 6.07) is 23.3. The molecule has 0 saturated carbocycles. The molecule has 1 amide bonds. The maximum Gasteiger partial charge on any atom is 0.295 e. The molecular formula is C23H19BrN4O. The monoisotopic (exact) mass is 446 g/mol. The second kappa shape index (κ2) is 8.01. The van der Waals surface area contributed by atoms with Crippen molar-refractivity contribution in [2.45, 2.75) is 13.8 Å². The topological polar surface area (TPSA) is 59.8 Å². The Morgan fingerprint density at radius 2 is 1.66 bits per heavy atom. The zero-order chi connectivity index (χ0) is 20.4. The highest BCUT2D eigenvalue weighted by Crippen LogP contribution is 2.23. The van der Waals surface area contributed by atoms with Gasteiger partial charge in [0.1, 0.15) is 0 Å². The van der Waals surface area contributed by atoms with Crippen LogP contribution in [0.3, 0.4) is 0 Å². The van der Waals surface area contributed by atoms with Crippen LogP contribution in [0.25, 0.3) is 17.1 Å². The van der Waals surface area contributed by atoms with E-state index in [-0.39, 0.29) is 11.7 Å². The van der Waals surface area contributed by atoms with E-state index in [9.17, 15) is 4.79 Å². The second-order valence-corrected chi connectivity index (χ2v) is 7.75. The number of aromatic nitrogens is 3. The summed E-state index contributed by atoms with van der Waals surface area (Å²) in [5.41, 5.74) is 4.70. The van der Waals surface area contributed by atoms with Gasteiger partial charge in [0, 0.05) is 15.7 Å². The maximum atomic E-state index is 12.8. The van der Waals surface area contributed by atoms with Crippen molar-refractivity contribution in [3.8, 4) is 17.1 Å². The SMILES string of the molecule is Cc1ccc(-n2nc(C(=O)Nc3ccc(Br)cc3)nc2-c2cccc(C)c2)cc1. The zero-order valence-electron chi connectivity index (χ0n) is 16.1. The first-order valence-corrected chi connectivity index (χ1v) is 9.97. The Labute approximate surface area is 177 Å². The minimum atomic E-state index is -0.355. The molecule has 144 valence electrons. The number of nitrogens with zero attached hydrogens (tertiary/aromatic N) is 3. The van der Waals surface area contributed by atoms with Crippen LogP contribution in [0.2, 0.25) is 0 Å². The van der Waals surface area contributed by atoms with Crippen LogP contribution in [0.5, 0.6) is 0 Å². The summed E-state index contributed by atoms with van der Waals surface area (Å²) < 4.78 is 2.66. The van der Waals surface area contributed by atoms with E-state index in [1.54, 1.807) is 4.68 Å². The third-order valence-electron chi connectivity index (χ3n) is 4.47. The van der Waals surface area contributed by atoms with Gasteiger partial charge in [-0.2, -0.15) is 0 Å². The first-order valence-electron chi connectivity index (χ1n) is 9.18. The molecule has 0 unspecified atom stereocenters. The fraction of sp³-hybridized carbons (Fsp3) is 0.0870. The van der Waals surface area contributed by atoms with Crippen LogP contribution in [0, 0.1) is 13.8 Å². The predicted molar refractivity (Wildman–Crippen MR) is 118 cm³/mol. The predicted octanol–water partition coefficient (Wildman–Crippen LogP) is 5.57. The van der Waals surface area contributed by atoms with Gasteiger partial charge < -0.3 is 5.32 Å². The smallest absolute Gasteiger partial charge is 0.295 e. The van der Waals surface area contributed by atoms with E-state index in [0.717, 1.165) is 26.9 Å². The summed E-state index contributed by atoms with van der Waals surface area (Å²) in [5, 5.41) is 7.37. The molecule has 0 aliphatic rings. The van der Waals surface area contributed by atoms with Crippen molar-refractivity contribution >= 4 is 27.5 Å². The Morgan fingerprint density at radius 1 is 0.931 bits per heavy atom. The highest BCUT2D eigenvalue weighted by molar-refractivity contribution is 9.10. The fourth-order valence-corrected chi connectivity index (χ4v) is 3.23. The maximum absolute atomic E-state index is 12.8. The van der Waals surface area contributed by atoms with Crippen LogP contribution in [0.15, 0.2) is 77.3 Å². The van der Waals surface area contributed by atoms with E-state index in [4.69, 9.17) is 0 Å². The minimum Gasteiger partial charge on any atom is -0.319 e. The number of anilines is 1. The van der Waals surface area contributed by atoms with Gasteiger partial charge in [0.15, 0.2) is 5.82 Å². The van der Waals surface area contributed by atoms with Gasteiger partial charge in [-0.3, -0.25) is 4.79 Å². The third-order valence-corrected chi connectivity index (χ3v) is 5.00. The molecule has 0 atom stereocenters. The molecule has 6 heteroatoms. The number of rotatable bonds is 4. The summed E-state index contributed by atoms with van der Waals surface area (Å²) in [6.45, 7) is 4.06. The summed E-state index contributed by atoms with van der Waals surface area (Å²) in [7, 11) is 0. The van der Waals surface area contributed by atoms with E-state index < -0.39 is 0 Å². The van der Waals surface area contributed by atoms with Crippen LogP contribution >= 0.6 is 15.9 Å². The second-order valence-electron chi connectivity index (χ2n) is 6.84. The van der Waals surface area contributed by atoms with Crippen LogP contribution < -0.4 is 5.32 Å². The zero-order valence-corrected chi connectivity index (χ0v) is 17.6. The average molecular weight is 447 g/mol. The summed E-state index contributed by atoms with van der Waals surface area (Å²) in [4.78, 5) is 17.4. The van der Waals surface area contributed by atoms with E-state index in [1.807, 2.05) is 86.6 Å². The van der Waals surface area contributed by atoms with E-state index >= 15 is 0 Å². The van der Waals surface area contributed by atoms with Crippen molar-refractivity contribution < 1.29 is 4.79 Å². The number of carbonyl (C=O) groups excluding carboxylic acids is 1. The van der Waals surface area contributed by atoms with Crippen LogP contribution in [-0.2, 0) is 0 Å². The molecule has 0 aliphatic carbocycles. The highest BCUT2D eigenvalue weighted by atomic mass is 79.9. The van der Waals surface area contributed by atoms with Crippen molar-refractivity contribution in [2.24, 2.45) is 0 Å². The highest BCUT2D eigenvalue weighted by Gasteiger charge is 2.19. The molecule has 1 aromatic heterocycles. The molecule has 4 aromatic rings. The molecule has 0 bridgehead atoms. The lowest BCUT2D eigenvalue weighted by Crippen LogP contribution is -2.14. The van der Waals surface area contributed by atoms with Crippen LogP contribution in [-0.4, -0.2) is 20.7 Å². The Hall–Kier alpha value is -3.25. The quantitative estimate of drug-likeness (QED) is 0.445. The van der Waals surface area contributed by atoms with Gasteiger partial charge in [-0.1, -0.05) is 57.4 Å². The minimum absolute atomic E-state index is 0.116. The summed E-state index contributed by atoms with van der Waals surface area (Å²) in [5.74, 6) is 0.385. The largest absolute Gasteiger partial charge is 0.319 e. The molecule has 5 nitrogen and oxygen atoms in total. The Balaban J connectivity index is 1.75. The van der Waals surface area contributed by atoms with Crippen molar-refractivity contribution in [1.29, 1.82) is 0 Å². The lowest BCUT2D eigenvalue weighted by Gasteiger charge is -2.07. The lowest BCUT2D eigenvalue weighted by molar-refractivity contribution is 0.101. The number of carbonyl (C=O) groups is 1. The molecular weight excluding hydrogens is 428 g/mol. The van der Waals surface area contributed by atoms with E-state index in [2.05, 4.69) is 31.3 Å². The van der Waals surface area contributed by atoms with Crippen molar-refractivity contribution in [2.75, 3.05) is 5.32 Å². The fourth-order valence-electron chi connectivity index (χ4n) is 2.97. The number of hydrogen-bond acceptors (Lipinski definition) is 3. The molecule has 0 spiro atoms. The summed E-state index contributed by atoms with van der Waals surface area (Å²) >= 11 is 3.39. The molecule has 3 aromatic carbocycles. The standard InChI is InChI=1S/C23H19BrN4O/c1-15-6-12-20(13-7-15)28-22(17-5-3-4-16(2)14-17)26-21(27-28)23(29)25-19-10-8-18(24)9-11-19/h3-14H,1-2H3,(H,25,29). The van der Waals surface area contributed by atoms with E-state index in [1.165, 1.54) is 0 Å². The van der Waals surface area contributed by atoms with Gasteiger partial charge in [0.05, 0.1) is 5.69 Å². The molecule has 29 heavy (non-hydrogen) atoms. The molecule has 4 rings (SSSR count). The van der Waals surface area contributed by atoms with Gasteiger partial charge in [-0.25, -0.2) is 9.67 Å². The molecule has 0 radical (unpaired) electrons. The average Bonchev–Trinajstić information content (AvgIpc) is 3.16. The van der Waals surface area contributed by atoms with Crippen molar-refractivity contribution in [1.82, 2.24) is 14.8 Å². The number of amides is 1. The number of hydrogen-bond donors (Lipinski definition) is 1.